The third-order valence-electron chi connectivity index (χ3n) is 8.65. The molecule has 0 aliphatic heterocycles. The van der Waals surface area contributed by atoms with Crippen molar-refractivity contribution < 1.29 is 51.6 Å². The van der Waals surface area contributed by atoms with Gasteiger partial charge in [-0.1, -0.05) is 101 Å². The fourth-order valence-electron chi connectivity index (χ4n) is 5.94. The third kappa shape index (κ3) is 15.4. The predicted molar refractivity (Wildman–Crippen MR) is 216 cm³/mol. The van der Waals surface area contributed by atoms with Crippen LogP contribution in [0, 0.1) is 0 Å². The maximum absolute atomic E-state index is 9.75. The summed E-state index contributed by atoms with van der Waals surface area (Å²) < 4.78 is 78.0. The molecule has 2 aromatic carbocycles. The molecule has 6 heterocycles. The number of halogens is 8. The van der Waals surface area contributed by atoms with Crippen molar-refractivity contribution in [3.8, 4) is 23.0 Å². The first-order chi connectivity index (χ1) is 28.7. The van der Waals surface area contributed by atoms with Crippen molar-refractivity contribution in [1.29, 1.82) is 0 Å². The van der Waals surface area contributed by atoms with Crippen molar-refractivity contribution in [2.24, 2.45) is 0 Å². The molecule has 0 N–H and O–H groups in total. The average molecular weight is 894 g/mol. The van der Waals surface area contributed by atoms with Gasteiger partial charge in [0.05, 0.1) is 35.2 Å². The summed E-state index contributed by atoms with van der Waals surface area (Å²) in [6, 6.07) is 24.2. The van der Waals surface area contributed by atoms with Gasteiger partial charge in [0, 0.05) is 33.9 Å². The van der Waals surface area contributed by atoms with Crippen LogP contribution in [0.5, 0.6) is 0 Å². The van der Waals surface area contributed by atoms with Crippen LogP contribution in [0.4, 0.5) is 34.5 Å². The van der Waals surface area contributed by atoms with Gasteiger partial charge < -0.3 is 34.5 Å². The van der Waals surface area contributed by atoms with E-state index in [4.69, 9.17) is 9.97 Å². The molecule has 0 saturated carbocycles. The summed E-state index contributed by atoms with van der Waals surface area (Å²) in [5, 5.41) is 29.9. The smallest absolute Gasteiger partial charge is 0.418 e. The van der Waals surface area contributed by atoms with E-state index in [1.807, 2.05) is 48.5 Å². The van der Waals surface area contributed by atoms with Crippen LogP contribution in [0.25, 0.3) is 66.6 Å². The number of aromatic nitrogens is 12. The maximum atomic E-state index is 9.75. The Morgan fingerprint density at radius 1 is 0.459 bits per heavy atom. The van der Waals surface area contributed by atoms with E-state index in [2.05, 4.69) is 78.9 Å². The molecule has 23 heteroatoms. The van der Waals surface area contributed by atoms with Gasteiger partial charge >= 0.3 is 31.6 Å². The van der Waals surface area contributed by atoms with Gasteiger partial charge in [-0.15, -0.1) is 20.4 Å². The summed E-state index contributed by atoms with van der Waals surface area (Å²) in [4.78, 5) is 21.8. The molecule has 0 amide bonds. The summed E-state index contributed by atoms with van der Waals surface area (Å²) in [5.41, 5.74) is 4.99. The molecule has 0 saturated heterocycles. The number of pyridine rings is 4. The molecule has 0 atom stereocenters. The van der Waals surface area contributed by atoms with E-state index in [-0.39, 0.29) is 17.1 Å². The van der Waals surface area contributed by atoms with Gasteiger partial charge in [-0.25, -0.2) is 9.97 Å². The van der Waals surface area contributed by atoms with Crippen LogP contribution in [0.1, 0.15) is 65.2 Å². The Hall–Kier alpha value is -5.69. The molecule has 0 aliphatic rings. The Morgan fingerprint density at radius 2 is 0.803 bits per heavy atom. The van der Waals surface area contributed by atoms with E-state index >= 15 is 0 Å². The number of nitrogens with zero attached hydrogens (tertiary/aromatic N) is 12. The number of benzene rings is 2. The monoisotopic (exact) mass is 894 g/mol. The van der Waals surface area contributed by atoms with Crippen molar-refractivity contribution in [3.05, 3.63) is 85.2 Å². The van der Waals surface area contributed by atoms with Crippen LogP contribution in [-0.2, 0) is 30.2 Å². The van der Waals surface area contributed by atoms with Gasteiger partial charge in [-0.2, -0.15) is 9.59 Å². The number of hydrogen-bond donors (Lipinski definition) is 0. The SMILES string of the molecule is CCCCCCn1nnc(-c2ccc3ccc4cccnc4c3n2)n1.CCCCCCn1nnc(-c2ccc3ccc4cccnc4c3n2)n1.F[B-](F)(F)F.F[B-](F)(F)F.[Fe+2]. The zero-order valence-corrected chi connectivity index (χ0v) is 34.2. The predicted octanol–water partition coefficient (Wildman–Crippen LogP) is 10.6. The van der Waals surface area contributed by atoms with Gasteiger partial charge in [0.25, 0.3) is 0 Å². The zero-order valence-electron chi connectivity index (χ0n) is 33.1. The molecule has 0 unspecified atom stereocenters. The summed E-state index contributed by atoms with van der Waals surface area (Å²) in [6.45, 7) is 6.00. The summed E-state index contributed by atoms with van der Waals surface area (Å²) in [5.74, 6) is 1.12. The number of hydrogen-bond acceptors (Lipinski definition) is 10. The van der Waals surface area contributed by atoms with Crippen molar-refractivity contribution in [1.82, 2.24) is 60.4 Å². The molecule has 0 aliphatic carbocycles. The summed E-state index contributed by atoms with van der Waals surface area (Å²) >= 11 is 0. The molecule has 0 bridgehead atoms. The van der Waals surface area contributed by atoms with Crippen molar-refractivity contribution in [2.75, 3.05) is 0 Å². The molecular formula is C38H40B2F8FeN12. The van der Waals surface area contributed by atoms with Crippen LogP contribution in [0.2, 0.25) is 0 Å². The average Bonchev–Trinajstić information content (AvgIpc) is 3.90. The second kappa shape index (κ2) is 22.8. The van der Waals surface area contributed by atoms with Crippen LogP contribution >= 0.6 is 0 Å². The van der Waals surface area contributed by atoms with Crippen LogP contribution in [0.15, 0.2) is 85.2 Å². The maximum Gasteiger partial charge on any atom is 2.00 e. The van der Waals surface area contributed by atoms with Gasteiger partial charge in [0.15, 0.2) is 0 Å². The molecular weight excluding hydrogens is 854 g/mol. The van der Waals surface area contributed by atoms with Gasteiger partial charge in [0.1, 0.15) is 11.4 Å². The molecule has 8 aromatic rings. The second-order valence-electron chi connectivity index (χ2n) is 13.3. The van der Waals surface area contributed by atoms with E-state index in [0.717, 1.165) is 80.9 Å². The molecule has 322 valence electrons. The Kier molecular flexibility index (Phi) is 17.9. The van der Waals surface area contributed by atoms with Crippen LogP contribution in [0.3, 0.4) is 0 Å². The Bertz CT molecular complexity index is 2400. The Labute approximate surface area is 355 Å². The van der Waals surface area contributed by atoms with E-state index in [1.165, 1.54) is 38.5 Å². The van der Waals surface area contributed by atoms with Gasteiger partial charge in [-0.3, -0.25) is 9.97 Å². The van der Waals surface area contributed by atoms with Crippen molar-refractivity contribution in [3.63, 3.8) is 0 Å². The minimum absolute atomic E-state index is 0. The normalized spacial score (nSPS) is 11.3. The number of aryl methyl sites for hydroxylation is 2. The standard InChI is InChI=1S/2C19H20N6.2BF4.Fe/c2*1-2-3-4-5-13-25-23-19(22-24-25)16-11-10-15-9-8-14-7-6-12-20-17(14)18(15)21-16;2*2-1(3,4)5;/h2*6-12H,2-5,13H2,1H3;;;/q;;2*-1;+2. The zero-order chi connectivity index (χ0) is 43.1. The molecule has 8 rings (SSSR count). The molecule has 12 nitrogen and oxygen atoms in total. The van der Waals surface area contributed by atoms with E-state index in [0.29, 0.717) is 11.6 Å². The summed E-state index contributed by atoms with van der Waals surface area (Å²) in [6.07, 6.45) is 13.0. The van der Waals surface area contributed by atoms with Gasteiger partial charge in [-0.05, 0) is 47.5 Å². The molecule has 61 heavy (non-hydrogen) atoms. The van der Waals surface area contributed by atoms with Gasteiger partial charge in [0.2, 0.25) is 11.6 Å². The van der Waals surface area contributed by atoms with E-state index < -0.39 is 14.5 Å². The number of unbranched alkanes of at least 4 members (excludes halogenated alkanes) is 6. The topological polar surface area (TPSA) is 139 Å². The fourth-order valence-corrected chi connectivity index (χ4v) is 5.94. The largest absolute Gasteiger partial charge is 2.00 e. The minimum atomic E-state index is -6.00. The van der Waals surface area contributed by atoms with E-state index in [9.17, 15) is 34.5 Å². The second-order valence-corrected chi connectivity index (χ2v) is 13.3. The van der Waals surface area contributed by atoms with Crippen LogP contribution in [-0.4, -0.2) is 74.9 Å². The molecule has 0 radical (unpaired) electrons. The molecule has 0 spiro atoms. The van der Waals surface area contributed by atoms with Crippen LogP contribution < -0.4 is 0 Å². The summed E-state index contributed by atoms with van der Waals surface area (Å²) in [7, 11) is -12.0. The first-order valence-electron chi connectivity index (χ1n) is 19.3. The third-order valence-corrected chi connectivity index (χ3v) is 8.65. The molecule has 6 aromatic heterocycles. The minimum Gasteiger partial charge on any atom is -0.418 e. The first kappa shape index (κ1) is 48.0. The van der Waals surface area contributed by atoms with E-state index in [1.54, 1.807) is 22.0 Å². The number of fused-ring (bicyclic) bond motifs is 6. The molecule has 0 fully saturated rings. The Morgan fingerprint density at radius 3 is 1.16 bits per heavy atom. The van der Waals surface area contributed by atoms with Crippen molar-refractivity contribution in [2.45, 2.75) is 78.3 Å². The Balaban J connectivity index is 0.000000217. The number of rotatable bonds is 12. The quantitative estimate of drug-likeness (QED) is 0.0504. The van der Waals surface area contributed by atoms with Crippen molar-refractivity contribution >= 4 is 58.1 Å². The fraction of sp³-hybridized carbons (Fsp3) is 0.316. The first-order valence-corrected chi connectivity index (χ1v) is 19.3. The number of tetrazole rings is 2.